The molecule has 7 aliphatic carbocycles. The van der Waals surface area contributed by atoms with E-state index in [1.807, 2.05) is 11.8 Å². The van der Waals surface area contributed by atoms with Crippen molar-refractivity contribution in [3.8, 4) is 0 Å². The summed E-state index contributed by atoms with van der Waals surface area (Å²) < 4.78 is 5.93. The van der Waals surface area contributed by atoms with E-state index < -0.39 is 17.2 Å². The minimum Gasteiger partial charge on any atom is -0.550 e. The maximum atomic E-state index is 12.1. The van der Waals surface area contributed by atoms with Crippen molar-refractivity contribution in [3.05, 3.63) is 122 Å². The zero-order valence-corrected chi connectivity index (χ0v) is 74.6. The summed E-state index contributed by atoms with van der Waals surface area (Å²) in [5, 5.41) is 30.8. The standard InChI is InChI=1S/C12H15ClN4O.2C10H15N3O.C10H14N2O.C9H12N2O2.C9H14N2.C6H10O.C3H4Br2O.C2H2Cl2O.C2H4O2.5CH4.H2N3O.2Na/c1-16-10(6-13)15-17-9(12(16)18)7-14-11(17)8-4-2-3-5-8;2*1-7(14)9-6-12-10(13(9)11)8-4-2-3-5-8;1-7(13)9-6-11-10(12-9)8-4-2-3-5-8;12-9(13)7-5-10-8(11-7)6-3-1-2-4-6;1-7-6-10-9(11-7)8-4-2-3-5-8;7-5-6-3-1-2-4-6;1-2(6)3(4)5;3-1-2(4)5;1-2(3)4;;;;;;1-2-3-4;;/h7-8H,2-6H2,1H3;2*6,8H,2-5,11H2,1H3;6,8H,2-5H2,1H3,(H,11,12);5-6H,1-4H2,(H,10,11)(H,12,13);6,8H,2-5H2,1H3,(H,10,11);5-6H,1-4H2;3H,1H3;1H2;1H3,(H,3,4);5*1H4;(H2-,1,2,3,4);;/q;;;;;;;;;;;;;;;-1;2*+1/p-1. The van der Waals surface area contributed by atoms with Crippen LogP contribution in [0.3, 0.4) is 0 Å². The van der Waals surface area contributed by atoms with E-state index in [0.29, 0.717) is 63.9 Å². The van der Waals surface area contributed by atoms with E-state index >= 15 is 0 Å². The number of ketones is 4. The minimum atomic E-state index is -1.08. The molecule has 7 fully saturated rings. The van der Waals surface area contributed by atoms with Crippen LogP contribution < -0.4 is 81.5 Å². The third kappa shape index (κ3) is 40.0. The number of aromatic carboxylic acids is 1. The molecule has 0 bridgehead atoms. The van der Waals surface area contributed by atoms with Gasteiger partial charge in [-0.05, 0) is 122 Å². The summed E-state index contributed by atoms with van der Waals surface area (Å²) in [6.45, 7) is 9.13. The number of aromatic amines is 3. The summed E-state index contributed by atoms with van der Waals surface area (Å²) in [6, 6.07) is 0. The van der Waals surface area contributed by atoms with Crippen molar-refractivity contribution in [2.24, 2.45) is 18.2 Å². The summed E-state index contributed by atoms with van der Waals surface area (Å²) in [7, 11) is 1.69. The van der Waals surface area contributed by atoms with Crippen LogP contribution in [-0.4, -0.2) is 135 Å². The Labute approximate surface area is 760 Å². The zero-order valence-electron chi connectivity index (χ0n) is 65.2. The second kappa shape index (κ2) is 63.2. The van der Waals surface area contributed by atoms with Crippen molar-refractivity contribution in [3.63, 3.8) is 0 Å². The van der Waals surface area contributed by atoms with Crippen LogP contribution in [0.4, 0.5) is 0 Å². The Morgan fingerprint density at radius 1 is 0.578 bits per heavy atom. The molecule has 7 aliphatic rings. The average molecular weight is 1830 g/mol. The Kier molecular flexibility index (Phi) is 63.4. The number of carbonyl (C=O) groups is 8. The fraction of sp³-hybridized carbons (Fsp3) is 0.641. The molecule has 0 unspecified atom stereocenters. The van der Waals surface area contributed by atoms with Crippen LogP contribution in [0.1, 0.15) is 375 Å². The smallest absolute Gasteiger partial charge is 0.550 e. The number of imidazole rings is 6. The third-order valence-corrected chi connectivity index (χ3v) is 21.4. The number of alkyl halides is 4. The van der Waals surface area contributed by atoms with Crippen molar-refractivity contribution in [1.82, 2.24) is 68.4 Å². The number of carbonyl (C=O) groups excluding carboxylic acids is 7. The predicted molar refractivity (Wildman–Crippen MR) is 454 cm³/mol. The number of rotatable bonds is 15. The maximum Gasteiger partial charge on any atom is 1.00 e. The molecule has 10 N–H and O–H groups in total. The minimum absolute atomic E-state index is 0. The van der Waals surface area contributed by atoms with E-state index in [2.05, 4.69) is 94.0 Å². The van der Waals surface area contributed by atoms with Gasteiger partial charge in [0, 0.05) is 87.1 Å². The monoisotopic (exact) mass is 1830 g/mol. The van der Waals surface area contributed by atoms with Gasteiger partial charge in [0.1, 0.15) is 73.6 Å². The normalized spacial score (nSPS) is 15.3. The number of hydrogen-bond acceptors (Lipinski definition) is 22. The molecular formula is C78H126Br2Cl3N19Na2O12. The van der Waals surface area contributed by atoms with Crippen LogP contribution in [0.2, 0.25) is 0 Å². The molecule has 0 aliphatic heterocycles. The molecule has 14 rings (SSSR count). The summed E-state index contributed by atoms with van der Waals surface area (Å²) in [6.07, 6.45) is 45.1. The molecule has 0 spiro atoms. The second-order valence-corrected chi connectivity index (χ2v) is 31.5. The Morgan fingerprint density at radius 2 is 0.888 bits per heavy atom. The number of nitrogens with one attached hydrogen (secondary N) is 4. The molecule has 7 saturated carbocycles. The van der Waals surface area contributed by atoms with Crippen molar-refractivity contribution >= 4 is 119 Å². The van der Waals surface area contributed by atoms with E-state index in [4.69, 9.17) is 72.2 Å². The van der Waals surface area contributed by atoms with Crippen LogP contribution in [0, 0.1) is 18.4 Å². The van der Waals surface area contributed by atoms with E-state index in [-0.39, 0.29) is 146 Å². The number of aromatic nitrogens is 14. The molecule has 0 aromatic carbocycles. The SMILES string of the molecule is C.C.C.C.C.CC(=O)C(Br)Br.CC(=O)[O-].CC(=O)c1cnc(C2CCCC2)[nH]1.CC(=O)c1cnc(C2CCCC2)n1N.CC(=O)c1cnc(C2CCCC2)n1N.Cc1cnc(C2CCCC2)[nH]1.Cn1c(CCl)nn2c(C3CCCC3)ncc2c1=O.N=N[N-]O.O=C(Cl)CCl.O=C(O)c1cnc(C2CCCC2)[nH]1.O=CC1CCCC1.[Na+].[Na+]. The molecule has 31 nitrogen and oxygen atoms in total. The maximum absolute atomic E-state index is 12.1. The number of aliphatic carboxylic acids is 1. The summed E-state index contributed by atoms with van der Waals surface area (Å²) in [5.74, 6) is 19.6. The number of nitrogens with zero attached hydrogens (tertiary/aromatic N) is 13. The van der Waals surface area contributed by atoms with Crippen LogP contribution in [0.25, 0.3) is 11.1 Å². The first kappa shape index (κ1) is 116. The van der Waals surface area contributed by atoms with Crippen LogP contribution in [-0.2, 0) is 32.1 Å². The van der Waals surface area contributed by atoms with Crippen LogP contribution in [0.15, 0.2) is 47.2 Å². The molecule has 38 heteroatoms. The fourth-order valence-electron chi connectivity index (χ4n) is 13.6. The van der Waals surface area contributed by atoms with Crippen molar-refractivity contribution in [2.45, 2.75) is 304 Å². The van der Waals surface area contributed by atoms with Gasteiger partial charge in [0.05, 0.1) is 42.7 Å². The second-order valence-electron chi connectivity index (χ2n) is 27.5. The van der Waals surface area contributed by atoms with Gasteiger partial charge < -0.3 is 57.2 Å². The number of halogens is 5. The van der Waals surface area contributed by atoms with Crippen LogP contribution >= 0.6 is 66.7 Å². The van der Waals surface area contributed by atoms with Gasteiger partial charge in [-0.25, -0.2) is 48.6 Å². The van der Waals surface area contributed by atoms with E-state index in [1.54, 1.807) is 43.3 Å². The molecular weight excluding hydrogens is 1710 g/mol. The zero-order chi connectivity index (χ0) is 80.7. The molecule has 0 amide bonds. The van der Waals surface area contributed by atoms with E-state index in [9.17, 15) is 38.4 Å². The van der Waals surface area contributed by atoms with Gasteiger partial charge in [-0.1, -0.05) is 159 Å². The molecule has 0 atom stereocenters. The Morgan fingerprint density at radius 3 is 1.15 bits per heavy atom. The third-order valence-electron chi connectivity index (χ3n) is 19.3. The Balaban J connectivity index is -0.000000607. The van der Waals surface area contributed by atoms with Crippen molar-refractivity contribution in [1.29, 1.82) is 5.53 Å². The molecule has 7 aromatic rings. The predicted octanol–water partition coefficient (Wildman–Crippen LogP) is 11.8. The van der Waals surface area contributed by atoms with Gasteiger partial charge in [-0.2, -0.15) is 5.10 Å². The number of aryl methyl sites for hydroxylation is 1. The van der Waals surface area contributed by atoms with Crippen molar-refractivity contribution in [2.75, 3.05) is 17.6 Å². The number of fused-ring (bicyclic) bond motifs is 1. The molecule has 7 aromatic heterocycles. The number of hydrogen-bond donors (Lipinski definition) is 8. The van der Waals surface area contributed by atoms with Gasteiger partial charge in [0.25, 0.3) is 5.56 Å². The topological polar surface area (TPSA) is 476 Å². The van der Waals surface area contributed by atoms with Gasteiger partial charge in [-0.3, -0.25) is 44.1 Å². The molecule has 7 heterocycles. The average Bonchev–Trinajstić information content (AvgIpc) is 1.61. The van der Waals surface area contributed by atoms with E-state index in [1.165, 1.54) is 168 Å². The molecule has 0 saturated heterocycles. The summed E-state index contributed by atoms with van der Waals surface area (Å²) in [5.41, 5.74) is 11.2. The Bertz CT molecular complexity index is 3890. The number of aldehydes is 1. The van der Waals surface area contributed by atoms with E-state index in [0.717, 1.165) is 112 Å². The number of nitrogens with two attached hydrogens (primary N) is 2. The summed E-state index contributed by atoms with van der Waals surface area (Å²) in [4.78, 5) is 129. The Hall–Kier alpha value is -5.85. The van der Waals surface area contributed by atoms with Gasteiger partial charge >= 0.3 is 65.1 Å². The first-order valence-electron chi connectivity index (χ1n) is 36.9. The number of Topliss-reactive ketones (excluding diaryl/α,β-unsaturated/α-hetero) is 4. The molecule has 642 valence electrons. The first-order chi connectivity index (χ1) is 52.0. The largest absolute Gasteiger partial charge is 1.00 e. The molecule has 0 radical (unpaired) electrons. The number of H-pyrrole nitrogens is 3. The number of carboxylic acids is 2. The van der Waals surface area contributed by atoms with Gasteiger partial charge in [0.15, 0.2) is 28.6 Å². The molecule has 116 heavy (non-hydrogen) atoms. The van der Waals surface area contributed by atoms with Gasteiger partial charge in [-0.15, -0.1) is 23.2 Å². The number of carboxylic acid groups (broad SMARTS) is 2. The fourth-order valence-corrected chi connectivity index (χ4v) is 13.8. The number of nitrogen functional groups attached to an aromatic ring is 2. The first-order valence-corrected chi connectivity index (χ1v) is 40.2. The van der Waals surface area contributed by atoms with Gasteiger partial charge in [0.2, 0.25) is 5.24 Å². The summed E-state index contributed by atoms with van der Waals surface area (Å²) >= 11 is 21.4. The van der Waals surface area contributed by atoms with Crippen molar-refractivity contribution < 1.29 is 113 Å². The quantitative estimate of drug-likeness (QED) is 0.00691. The van der Waals surface area contributed by atoms with Crippen LogP contribution in [0.5, 0.6) is 0 Å².